The van der Waals surface area contributed by atoms with Gasteiger partial charge < -0.3 is 15.8 Å². The Morgan fingerprint density at radius 3 is 2.38 bits per heavy atom. The van der Waals surface area contributed by atoms with Crippen molar-refractivity contribution in [3.05, 3.63) is 59.9 Å². The molecule has 0 saturated heterocycles. The van der Waals surface area contributed by atoms with Crippen LogP contribution in [-0.4, -0.2) is 24.5 Å². The number of nitrogens with one attached hydrogen (secondary N) is 2. The van der Waals surface area contributed by atoms with Gasteiger partial charge in [-0.3, -0.25) is 10.1 Å². The molecule has 7 nitrogen and oxygen atoms in total. The highest BCUT2D eigenvalue weighted by Gasteiger charge is 2.13. The normalized spacial score (nSPS) is 9.88. The molecule has 0 radical (unpaired) electrons. The van der Waals surface area contributed by atoms with E-state index >= 15 is 0 Å². The van der Waals surface area contributed by atoms with E-state index in [1.165, 1.54) is 42.5 Å². The molecule has 3 amide bonds. The number of rotatable bonds is 4. The summed E-state index contributed by atoms with van der Waals surface area (Å²) in [7, 11) is 0. The highest BCUT2D eigenvalue weighted by Crippen LogP contribution is 2.11. The summed E-state index contributed by atoms with van der Waals surface area (Å²) in [5, 5.41) is 4.09. The number of urea groups is 1. The van der Waals surface area contributed by atoms with Crippen molar-refractivity contribution < 1.29 is 23.5 Å². The molecule has 0 atom stereocenters. The van der Waals surface area contributed by atoms with Crippen molar-refractivity contribution in [1.29, 1.82) is 0 Å². The van der Waals surface area contributed by atoms with E-state index in [9.17, 15) is 18.8 Å². The second kappa shape index (κ2) is 7.73. The van der Waals surface area contributed by atoms with E-state index in [1.807, 2.05) is 5.32 Å². The predicted molar refractivity (Wildman–Crippen MR) is 84.7 cm³/mol. The van der Waals surface area contributed by atoms with Gasteiger partial charge in [0, 0.05) is 5.69 Å². The first-order valence-corrected chi connectivity index (χ1v) is 6.84. The van der Waals surface area contributed by atoms with Gasteiger partial charge in [0.05, 0.1) is 11.3 Å². The van der Waals surface area contributed by atoms with E-state index in [2.05, 4.69) is 5.32 Å². The summed E-state index contributed by atoms with van der Waals surface area (Å²) >= 11 is 0. The minimum Gasteiger partial charge on any atom is -0.452 e. The highest BCUT2D eigenvalue weighted by atomic mass is 19.1. The summed E-state index contributed by atoms with van der Waals surface area (Å²) in [6.45, 7) is -0.659. The molecule has 0 spiro atoms. The Bertz CT molecular complexity index is 762. The van der Waals surface area contributed by atoms with Gasteiger partial charge in [0.15, 0.2) is 6.61 Å². The van der Waals surface area contributed by atoms with Crippen molar-refractivity contribution in [3.8, 4) is 0 Å². The van der Waals surface area contributed by atoms with Gasteiger partial charge in [0.1, 0.15) is 5.82 Å². The van der Waals surface area contributed by atoms with Crippen LogP contribution in [0.2, 0.25) is 0 Å². The van der Waals surface area contributed by atoms with E-state index in [1.54, 1.807) is 0 Å². The monoisotopic (exact) mass is 331 g/mol. The van der Waals surface area contributed by atoms with Crippen molar-refractivity contribution in [3.63, 3.8) is 0 Å². The molecule has 0 bridgehead atoms. The zero-order chi connectivity index (χ0) is 17.5. The van der Waals surface area contributed by atoms with Crippen molar-refractivity contribution in [2.45, 2.75) is 0 Å². The van der Waals surface area contributed by atoms with Gasteiger partial charge in [-0.25, -0.2) is 14.0 Å². The van der Waals surface area contributed by atoms with Crippen LogP contribution in [0.15, 0.2) is 48.5 Å². The number of anilines is 2. The van der Waals surface area contributed by atoms with Gasteiger partial charge in [-0.2, -0.15) is 0 Å². The zero-order valence-electron chi connectivity index (χ0n) is 12.4. The molecular weight excluding hydrogens is 317 g/mol. The number of benzene rings is 2. The molecule has 0 unspecified atom stereocenters. The van der Waals surface area contributed by atoms with Gasteiger partial charge in [-0.1, -0.05) is 12.1 Å². The van der Waals surface area contributed by atoms with Gasteiger partial charge in [-0.15, -0.1) is 0 Å². The topological polar surface area (TPSA) is 111 Å². The molecule has 0 aliphatic heterocycles. The van der Waals surface area contributed by atoms with Crippen LogP contribution < -0.4 is 16.4 Å². The molecule has 2 rings (SSSR count). The summed E-state index contributed by atoms with van der Waals surface area (Å²) in [5.74, 6) is -2.23. The van der Waals surface area contributed by atoms with E-state index in [4.69, 9.17) is 10.5 Å². The molecule has 2 aromatic carbocycles. The average molecular weight is 331 g/mol. The fraction of sp³-hybridized carbons (Fsp3) is 0.0625. The second-order valence-corrected chi connectivity index (χ2v) is 4.68. The molecule has 0 aromatic heterocycles. The van der Waals surface area contributed by atoms with Crippen molar-refractivity contribution in [1.82, 2.24) is 5.32 Å². The number of amides is 3. The molecule has 0 aliphatic rings. The van der Waals surface area contributed by atoms with Crippen LogP contribution in [0, 0.1) is 5.82 Å². The highest BCUT2D eigenvalue weighted by molar-refractivity contribution is 6.02. The molecule has 0 aliphatic carbocycles. The van der Waals surface area contributed by atoms with E-state index in [0.717, 1.165) is 6.07 Å². The first-order valence-electron chi connectivity index (χ1n) is 6.84. The van der Waals surface area contributed by atoms with Crippen LogP contribution >= 0.6 is 0 Å². The lowest BCUT2D eigenvalue weighted by molar-refractivity contribution is -0.123. The quantitative estimate of drug-likeness (QED) is 0.585. The minimum atomic E-state index is -0.936. The van der Waals surface area contributed by atoms with E-state index in [-0.39, 0.29) is 11.3 Å². The Balaban J connectivity index is 1.80. The zero-order valence-corrected chi connectivity index (χ0v) is 12.4. The Morgan fingerprint density at radius 2 is 1.71 bits per heavy atom. The van der Waals surface area contributed by atoms with Crippen LogP contribution in [0.4, 0.5) is 20.6 Å². The Morgan fingerprint density at radius 1 is 1.04 bits per heavy atom. The number of hydrogen-bond acceptors (Lipinski definition) is 5. The number of carbonyl (C=O) groups excluding carboxylic acids is 3. The third-order valence-corrected chi connectivity index (χ3v) is 2.86. The molecular formula is C16H14FN3O4. The van der Waals surface area contributed by atoms with Crippen LogP contribution in [0.25, 0.3) is 0 Å². The lowest BCUT2D eigenvalue weighted by Gasteiger charge is -2.08. The van der Waals surface area contributed by atoms with Crippen molar-refractivity contribution >= 4 is 29.3 Å². The van der Waals surface area contributed by atoms with E-state index < -0.39 is 30.3 Å². The van der Waals surface area contributed by atoms with Crippen molar-refractivity contribution in [2.24, 2.45) is 0 Å². The number of para-hydroxylation sites is 1. The largest absolute Gasteiger partial charge is 0.452 e. The van der Waals surface area contributed by atoms with Gasteiger partial charge in [0.25, 0.3) is 5.91 Å². The lowest BCUT2D eigenvalue weighted by atomic mass is 10.2. The van der Waals surface area contributed by atoms with Crippen LogP contribution in [0.3, 0.4) is 0 Å². The van der Waals surface area contributed by atoms with Crippen LogP contribution in [-0.2, 0) is 9.53 Å². The molecule has 4 N–H and O–H groups in total. The summed E-state index contributed by atoms with van der Waals surface area (Å²) in [6, 6.07) is 10.5. The SMILES string of the molecule is Nc1ccc(C(=O)OCC(=O)NC(=O)Nc2ccccc2F)cc1. The van der Waals surface area contributed by atoms with Gasteiger partial charge in [0.2, 0.25) is 0 Å². The number of ether oxygens (including phenoxy) is 1. The molecule has 0 saturated carbocycles. The molecule has 0 fully saturated rings. The Hall–Kier alpha value is -3.42. The first-order chi connectivity index (χ1) is 11.5. The maximum Gasteiger partial charge on any atom is 0.338 e. The third kappa shape index (κ3) is 4.80. The van der Waals surface area contributed by atoms with E-state index in [0.29, 0.717) is 5.69 Å². The predicted octanol–water partition coefficient (Wildman–Crippen LogP) is 1.91. The fourth-order valence-electron chi connectivity index (χ4n) is 1.71. The lowest BCUT2D eigenvalue weighted by Crippen LogP contribution is -2.37. The number of halogens is 1. The van der Waals surface area contributed by atoms with Gasteiger partial charge in [-0.05, 0) is 36.4 Å². The summed E-state index contributed by atoms with van der Waals surface area (Å²) in [5.41, 5.74) is 6.10. The van der Waals surface area contributed by atoms with Crippen molar-refractivity contribution in [2.75, 3.05) is 17.7 Å². The molecule has 124 valence electrons. The number of imide groups is 1. The smallest absolute Gasteiger partial charge is 0.338 e. The molecule has 24 heavy (non-hydrogen) atoms. The number of carbonyl (C=O) groups is 3. The average Bonchev–Trinajstić information content (AvgIpc) is 2.55. The number of esters is 1. The standard InChI is InChI=1S/C16H14FN3O4/c17-12-3-1-2-4-13(12)19-16(23)20-14(21)9-24-15(22)10-5-7-11(18)8-6-10/h1-8H,9,18H2,(H2,19,20,21,23). The van der Waals surface area contributed by atoms with Crippen LogP contribution in [0.5, 0.6) is 0 Å². The minimum absolute atomic E-state index is 0.0818. The first kappa shape index (κ1) is 16.9. The van der Waals surface area contributed by atoms with Gasteiger partial charge >= 0.3 is 12.0 Å². The molecule has 2 aromatic rings. The second-order valence-electron chi connectivity index (χ2n) is 4.68. The molecule has 8 heteroatoms. The summed E-state index contributed by atoms with van der Waals surface area (Å²) in [4.78, 5) is 34.8. The summed E-state index contributed by atoms with van der Waals surface area (Å²) in [6.07, 6.45) is 0. The third-order valence-electron chi connectivity index (χ3n) is 2.86. The number of nitrogen functional groups attached to an aromatic ring is 1. The summed E-state index contributed by atoms with van der Waals surface area (Å²) < 4.78 is 18.1. The number of hydrogen-bond donors (Lipinski definition) is 3. The fourth-order valence-corrected chi connectivity index (χ4v) is 1.71. The number of nitrogens with two attached hydrogens (primary N) is 1. The maximum absolute atomic E-state index is 13.4. The Kier molecular flexibility index (Phi) is 5.45. The van der Waals surface area contributed by atoms with Crippen LogP contribution in [0.1, 0.15) is 10.4 Å². The maximum atomic E-state index is 13.4. The molecule has 0 heterocycles. The Labute approximate surface area is 136 Å².